The van der Waals surface area contributed by atoms with Gasteiger partial charge in [0.15, 0.2) is 0 Å². The van der Waals surface area contributed by atoms with Crippen LogP contribution in [0.25, 0.3) is 0 Å². The Hall–Kier alpha value is -1.10. The number of rotatable bonds is 3. The van der Waals surface area contributed by atoms with Crippen LogP contribution in [0.1, 0.15) is 5.56 Å². The van der Waals surface area contributed by atoms with Crippen LogP contribution < -0.4 is 5.73 Å². The van der Waals surface area contributed by atoms with Crippen LogP contribution in [0.4, 0.5) is 0 Å². The fraction of sp³-hybridized carbons (Fsp3) is 0.364. The van der Waals surface area contributed by atoms with Gasteiger partial charge in [-0.2, -0.15) is 0 Å². The standard InChI is InChI=1S/C11H12ClNO3/c12-8-3-1-7(2-4-8)11(5-16-6-11)9(13)10(14)15/h1-4,9H,5-6,13H2,(H,14,15). The van der Waals surface area contributed by atoms with Gasteiger partial charge in [-0.3, -0.25) is 4.79 Å². The van der Waals surface area contributed by atoms with Crippen molar-refractivity contribution in [1.29, 1.82) is 0 Å². The molecule has 1 aliphatic heterocycles. The summed E-state index contributed by atoms with van der Waals surface area (Å²) in [6.07, 6.45) is 0. The summed E-state index contributed by atoms with van der Waals surface area (Å²) in [5.74, 6) is -1.02. The smallest absolute Gasteiger partial charge is 0.321 e. The van der Waals surface area contributed by atoms with Crippen LogP contribution in [0.15, 0.2) is 24.3 Å². The van der Waals surface area contributed by atoms with Gasteiger partial charge in [0, 0.05) is 5.02 Å². The predicted molar refractivity (Wildman–Crippen MR) is 59.6 cm³/mol. The third-order valence-electron chi connectivity index (χ3n) is 3.00. The topological polar surface area (TPSA) is 72.6 Å². The summed E-state index contributed by atoms with van der Waals surface area (Å²) in [4.78, 5) is 11.0. The normalized spacial score (nSPS) is 19.9. The number of nitrogens with two attached hydrogens (primary N) is 1. The van der Waals surface area contributed by atoms with Gasteiger partial charge in [0.1, 0.15) is 6.04 Å². The van der Waals surface area contributed by atoms with E-state index in [0.717, 1.165) is 5.56 Å². The molecule has 0 spiro atoms. The molecule has 1 aromatic rings. The summed E-state index contributed by atoms with van der Waals surface area (Å²) in [6.45, 7) is 0.671. The van der Waals surface area contributed by atoms with Crippen molar-refractivity contribution in [2.75, 3.05) is 13.2 Å². The molecule has 5 heteroatoms. The van der Waals surface area contributed by atoms with Gasteiger partial charge in [-0.1, -0.05) is 23.7 Å². The van der Waals surface area contributed by atoms with E-state index in [9.17, 15) is 4.79 Å². The minimum absolute atomic E-state index is 0.335. The number of hydrogen-bond donors (Lipinski definition) is 2. The van der Waals surface area contributed by atoms with Crippen molar-refractivity contribution < 1.29 is 14.6 Å². The zero-order valence-electron chi connectivity index (χ0n) is 8.52. The molecule has 0 aliphatic carbocycles. The highest BCUT2D eigenvalue weighted by molar-refractivity contribution is 6.30. The van der Waals surface area contributed by atoms with Crippen molar-refractivity contribution in [3.8, 4) is 0 Å². The second kappa shape index (κ2) is 4.05. The van der Waals surface area contributed by atoms with Crippen LogP contribution in [0.5, 0.6) is 0 Å². The number of benzene rings is 1. The highest BCUT2D eigenvalue weighted by Crippen LogP contribution is 2.35. The zero-order valence-corrected chi connectivity index (χ0v) is 9.28. The molecular weight excluding hydrogens is 230 g/mol. The summed E-state index contributed by atoms with van der Waals surface area (Å²) >= 11 is 5.79. The van der Waals surface area contributed by atoms with E-state index in [1.54, 1.807) is 24.3 Å². The Kier molecular flexibility index (Phi) is 2.88. The number of hydrogen-bond acceptors (Lipinski definition) is 3. The van der Waals surface area contributed by atoms with Crippen LogP contribution in [0.2, 0.25) is 5.02 Å². The van der Waals surface area contributed by atoms with E-state index in [1.807, 2.05) is 0 Å². The Bertz CT molecular complexity index is 400. The van der Waals surface area contributed by atoms with E-state index in [2.05, 4.69) is 0 Å². The number of ether oxygens (including phenoxy) is 1. The molecule has 1 saturated heterocycles. The maximum absolute atomic E-state index is 11.0. The van der Waals surface area contributed by atoms with E-state index in [4.69, 9.17) is 27.2 Å². The van der Waals surface area contributed by atoms with Gasteiger partial charge >= 0.3 is 5.97 Å². The Morgan fingerprint density at radius 3 is 2.38 bits per heavy atom. The lowest BCUT2D eigenvalue weighted by atomic mass is 9.73. The first-order valence-electron chi connectivity index (χ1n) is 4.88. The highest BCUT2D eigenvalue weighted by atomic mass is 35.5. The Labute approximate surface area is 98.0 Å². The Balaban J connectivity index is 2.34. The quantitative estimate of drug-likeness (QED) is 0.829. The van der Waals surface area contributed by atoms with Crippen LogP contribution in [0.3, 0.4) is 0 Å². The Morgan fingerprint density at radius 2 is 2.00 bits per heavy atom. The molecule has 1 heterocycles. The summed E-state index contributed by atoms with van der Waals surface area (Å²) < 4.78 is 5.12. The molecule has 0 saturated carbocycles. The number of halogens is 1. The molecule has 1 fully saturated rings. The average Bonchev–Trinajstić information content (AvgIpc) is 2.19. The predicted octanol–water partition coefficient (Wildman–Crippen LogP) is 1.02. The van der Waals surface area contributed by atoms with Gasteiger partial charge in [0.2, 0.25) is 0 Å². The monoisotopic (exact) mass is 241 g/mol. The van der Waals surface area contributed by atoms with Crippen molar-refractivity contribution >= 4 is 17.6 Å². The van der Waals surface area contributed by atoms with Crippen LogP contribution in [0, 0.1) is 0 Å². The number of aliphatic carboxylic acids is 1. The van der Waals surface area contributed by atoms with Gasteiger partial charge in [-0.15, -0.1) is 0 Å². The van der Waals surface area contributed by atoms with Gasteiger partial charge in [-0.25, -0.2) is 0 Å². The molecule has 0 amide bonds. The molecule has 1 aliphatic rings. The molecule has 0 radical (unpaired) electrons. The number of carboxylic acid groups (broad SMARTS) is 1. The maximum Gasteiger partial charge on any atom is 0.321 e. The molecule has 1 unspecified atom stereocenters. The van der Waals surface area contributed by atoms with Crippen LogP contribution >= 0.6 is 11.6 Å². The second-order valence-electron chi connectivity index (χ2n) is 3.97. The summed E-state index contributed by atoms with van der Waals surface area (Å²) in [5, 5.41) is 9.61. The number of carboxylic acids is 1. The number of carbonyl (C=O) groups is 1. The lowest BCUT2D eigenvalue weighted by Gasteiger charge is -2.44. The van der Waals surface area contributed by atoms with E-state index < -0.39 is 17.4 Å². The lowest BCUT2D eigenvalue weighted by Crippen LogP contribution is -2.61. The van der Waals surface area contributed by atoms with E-state index in [-0.39, 0.29) is 0 Å². The van der Waals surface area contributed by atoms with Crippen molar-refractivity contribution in [2.45, 2.75) is 11.5 Å². The fourth-order valence-corrected chi connectivity index (χ4v) is 1.99. The molecule has 4 nitrogen and oxygen atoms in total. The van der Waals surface area contributed by atoms with Crippen molar-refractivity contribution in [3.05, 3.63) is 34.9 Å². The summed E-state index contributed by atoms with van der Waals surface area (Å²) in [5.41, 5.74) is 5.96. The molecule has 2 rings (SSSR count). The SMILES string of the molecule is NC(C(=O)O)C1(c2ccc(Cl)cc2)COC1. The molecule has 0 bridgehead atoms. The second-order valence-corrected chi connectivity index (χ2v) is 4.41. The molecule has 1 aromatic carbocycles. The first-order chi connectivity index (χ1) is 7.56. The third kappa shape index (κ3) is 1.69. The molecule has 86 valence electrons. The largest absolute Gasteiger partial charge is 0.480 e. The maximum atomic E-state index is 11.0. The van der Waals surface area contributed by atoms with E-state index >= 15 is 0 Å². The first-order valence-corrected chi connectivity index (χ1v) is 5.26. The highest BCUT2D eigenvalue weighted by Gasteiger charge is 2.48. The molecule has 3 N–H and O–H groups in total. The molecule has 16 heavy (non-hydrogen) atoms. The van der Waals surface area contributed by atoms with Gasteiger partial charge in [-0.05, 0) is 17.7 Å². The fourth-order valence-electron chi connectivity index (χ4n) is 1.87. The van der Waals surface area contributed by atoms with E-state index in [1.165, 1.54) is 0 Å². The van der Waals surface area contributed by atoms with Crippen molar-refractivity contribution in [1.82, 2.24) is 0 Å². The van der Waals surface area contributed by atoms with Crippen LogP contribution in [-0.2, 0) is 14.9 Å². The van der Waals surface area contributed by atoms with Gasteiger partial charge < -0.3 is 15.6 Å². The van der Waals surface area contributed by atoms with Crippen molar-refractivity contribution in [3.63, 3.8) is 0 Å². The summed E-state index contributed by atoms with van der Waals surface area (Å²) in [7, 11) is 0. The Morgan fingerprint density at radius 1 is 1.44 bits per heavy atom. The zero-order chi connectivity index (χ0) is 11.8. The minimum atomic E-state index is -1.02. The minimum Gasteiger partial charge on any atom is -0.480 e. The first kappa shape index (κ1) is 11.4. The molecular formula is C11H12ClNO3. The average molecular weight is 242 g/mol. The lowest BCUT2D eigenvalue weighted by molar-refractivity contribution is -0.148. The molecule has 0 aromatic heterocycles. The van der Waals surface area contributed by atoms with Crippen LogP contribution in [-0.4, -0.2) is 30.3 Å². The third-order valence-corrected chi connectivity index (χ3v) is 3.25. The van der Waals surface area contributed by atoms with Gasteiger partial charge in [0.05, 0.1) is 18.6 Å². The summed E-state index contributed by atoms with van der Waals surface area (Å²) in [6, 6.07) is 6.10. The van der Waals surface area contributed by atoms with Gasteiger partial charge in [0.25, 0.3) is 0 Å². The van der Waals surface area contributed by atoms with Crippen molar-refractivity contribution in [2.24, 2.45) is 5.73 Å². The van der Waals surface area contributed by atoms with E-state index in [0.29, 0.717) is 18.2 Å². The molecule has 1 atom stereocenters.